The van der Waals surface area contributed by atoms with Gasteiger partial charge in [-0.3, -0.25) is 9.59 Å². The topological polar surface area (TPSA) is 93.5 Å². The van der Waals surface area contributed by atoms with Gasteiger partial charge >= 0.3 is 6.09 Å². The molecule has 0 fully saturated rings. The van der Waals surface area contributed by atoms with Crippen LogP contribution < -0.4 is 10.9 Å². The van der Waals surface area contributed by atoms with Gasteiger partial charge in [0.1, 0.15) is 6.54 Å². The number of benzene rings is 1. The first-order valence-corrected chi connectivity index (χ1v) is 8.89. The molecule has 3 rings (SSSR count). The third-order valence-electron chi connectivity index (χ3n) is 4.30. The number of nitrogens with one attached hydrogen (secondary N) is 1. The van der Waals surface area contributed by atoms with Crippen LogP contribution in [0.2, 0.25) is 0 Å². The van der Waals surface area contributed by atoms with E-state index in [1.54, 1.807) is 11.8 Å². The molecule has 8 heteroatoms. The van der Waals surface area contributed by atoms with Crippen molar-refractivity contribution in [3.8, 4) is 0 Å². The van der Waals surface area contributed by atoms with Gasteiger partial charge in [-0.05, 0) is 12.5 Å². The number of fused-ring (bicyclic) bond motifs is 1. The smallest absolute Gasteiger partial charge is 0.410 e. The molecule has 1 aromatic heterocycles. The normalized spacial score (nSPS) is 13.0. The number of ether oxygens (including phenoxy) is 1. The van der Waals surface area contributed by atoms with Crippen molar-refractivity contribution in [2.24, 2.45) is 0 Å². The molecule has 1 aliphatic heterocycles. The summed E-state index contributed by atoms with van der Waals surface area (Å²) < 4.78 is 6.16. The lowest BCUT2D eigenvalue weighted by atomic mass is 10.1. The van der Waals surface area contributed by atoms with Gasteiger partial charge in [0, 0.05) is 31.1 Å². The van der Waals surface area contributed by atoms with Gasteiger partial charge < -0.3 is 15.0 Å². The fourth-order valence-electron chi connectivity index (χ4n) is 2.91. The van der Waals surface area contributed by atoms with Crippen LogP contribution in [0.3, 0.4) is 0 Å². The molecule has 1 N–H and O–H groups in total. The Morgan fingerprint density at radius 2 is 2.04 bits per heavy atom. The van der Waals surface area contributed by atoms with Gasteiger partial charge in [0.25, 0.3) is 5.56 Å². The van der Waals surface area contributed by atoms with Crippen LogP contribution in [0.25, 0.3) is 0 Å². The molecule has 0 bridgehead atoms. The SMILES string of the molecule is CCOC(=O)N1CCc2nn(CC(=O)NCc3ccccc3)c(=O)cc2C1. The largest absolute Gasteiger partial charge is 0.450 e. The van der Waals surface area contributed by atoms with Gasteiger partial charge in [0.05, 0.1) is 18.8 Å². The van der Waals surface area contributed by atoms with Gasteiger partial charge in [-0.1, -0.05) is 30.3 Å². The van der Waals surface area contributed by atoms with Crippen molar-refractivity contribution in [1.82, 2.24) is 20.0 Å². The Balaban J connectivity index is 1.64. The highest BCUT2D eigenvalue weighted by Crippen LogP contribution is 2.15. The monoisotopic (exact) mass is 370 g/mol. The van der Waals surface area contributed by atoms with E-state index in [1.165, 1.54) is 10.7 Å². The minimum atomic E-state index is -0.396. The summed E-state index contributed by atoms with van der Waals surface area (Å²) in [7, 11) is 0. The number of carbonyl (C=O) groups is 2. The number of amides is 2. The minimum Gasteiger partial charge on any atom is -0.450 e. The Morgan fingerprint density at radius 1 is 1.26 bits per heavy atom. The van der Waals surface area contributed by atoms with Crippen LogP contribution in [0.4, 0.5) is 4.79 Å². The highest BCUT2D eigenvalue weighted by atomic mass is 16.6. The van der Waals surface area contributed by atoms with Crippen molar-refractivity contribution in [1.29, 1.82) is 0 Å². The zero-order chi connectivity index (χ0) is 19.2. The molecule has 0 saturated heterocycles. The molecule has 8 nitrogen and oxygen atoms in total. The Hall–Kier alpha value is -3.16. The third kappa shape index (κ3) is 4.72. The summed E-state index contributed by atoms with van der Waals surface area (Å²) in [4.78, 5) is 37.8. The number of hydrogen-bond donors (Lipinski definition) is 1. The molecule has 0 spiro atoms. The summed E-state index contributed by atoms with van der Waals surface area (Å²) in [5.41, 5.74) is 2.04. The van der Waals surface area contributed by atoms with Crippen molar-refractivity contribution in [3.63, 3.8) is 0 Å². The van der Waals surface area contributed by atoms with Crippen molar-refractivity contribution >= 4 is 12.0 Å². The summed E-state index contributed by atoms with van der Waals surface area (Å²) in [6.45, 7) is 3.07. The molecular weight excluding hydrogens is 348 g/mol. The molecule has 2 heterocycles. The summed E-state index contributed by atoms with van der Waals surface area (Å²) in [6.07, 6.45) is 0.118. The number of rotatable bonds is 5. The van der Waals surface area contributed by atoms with Crippen LogP contribution in [0.15, 0.2) is 41.2 Å². The fraction of sp³-hybridized carbons (Fsp3) is 0.368. The predicted molar refractivity (Wildman–Crippen MR) is 97.9 cm³/mol. The quantitative estimate of drug-likeness (QED) is 0.850. The van der Waals surface area contributed by atoms with E-state index in [4.69, 9.17) is 4.74 Å². The van der Waals surface area contributed by atoms with Gasteiger partial charge in [-0.2, -0.15) is 5.10 Å². The predicted octanol–water partition coefficient (Wildman–Crippen LogP) is 1.07. The summed E-state index contributed by atoms with van der Waals surface area (Å²) in [5, 5.41) is 7.09. The van der Waals surface area contributed by atoms with Crippen LogP contribution >= 0.6 is 0 Å². The van der Waals surface area contributed by atoms with Gasteiger partial charge in [0.15, 0.2) is 0 Å². The van der Waals surface area contributed by atoms with E-state index >= 15 is 0 Å². The number of nitrogens with zero attached hydrogens (tertiary/aromatic N) is 3. The van der Waals surface area contributed by atoms with E-state index in [1.807, 2.05) is 30.3 Å². The number of aromatic nitrogens is 2. The van der Waals surface area contributed by atoms with E-state index < -0.39 is 6.09 Å². The van der Waals surface area contributed by atoms with E-state index in [0.29, 0.717) is 31.7 Å². The molecule has 0 atom stereocenters. The third-order valence-corrected chi connectivity index (χ3v) is 4.30. The molecule has 2 aromatic rings. The molecule has 0 aliphatic carbocycles. The Morgan fingerprint density at radius 3 is 2.78 bits per heavy atom. The number of carbonyl (C=O) groups excluding carboxylic acids is 2. The number of hydrogen-bond acceptors (Lipinski definition) is 5. The first kappa shape index (κ1) is 18.6. The van der Waals surface area contributed by atoms with Gasteiger partial charge in [-0.15, -0.1) is 0 Å². The highest BCUT2D eigenvalue weighted by molar-refractivity contribution is 5.75. The fourth-order valence-corrected chi connectivity index (χ4v) is 2.91. The molecule has 1 aliphatic rings. The second-order valence-electron chi connectivity index (χ2n) is 6.24. The Labute approximate surface area is 156 Å². The maximum Gasteiger partial charge on any atom is 0.410 e. The average Bonchev–Trinajstić information content (AvgIpc) is 2.67. The van der Waals surface area contributed by atoms with Crippen LogP contribution in [0.1, 0.15) is 23.7 Å². The molecular formula is C19H22N4O4. The van der Waals surface area contributed by atoms with Crippen molar-refractivity contribution in [3.05, 3.63) is 63.6 Å². The second kappa shape index (κ2) is 8.48. The lowest BCUT2D eigenvalue weighted by Crippen LogP contribution is -2.40. The summed E-state index contributed by atoms with van der Waals surface area (Å²) in [5.74, 6) is -0.280. The molecule has 0 unspecified atom stereocenters. The van der Waals surface area contributed by atoms with Crippen LogP contribution in [-0.4, -0.2) is 39.8 Å². The van der Waals surface area contributed by atoms with E-state index in [0.717, 1.165) is 11.3 Å². The highest BCUT2D eigenvalue weighted by Gasteiger charge is 2.23. The lowest BCUT2D eigenvalue weighted by Gasteiger charge is -2.27. The molecule has 2 amide bonds. The van der Waals surface area contributed by atoms with E-state index in [2.05, 4.69) is 10.4 Å². The van der Waals surface area contributed by atoms with Crippen LogP contribution in [0, 0.1) is 0 Å². The first-order chi connectivity index (χ1) is 13.1. The van der Waals surface area contributed by atoms with Gasteiger partial charge in [-0.25, -0.2) is 9.48 Å². The zero-order valence-corrected chi connectivity index (χ0v) is 15.2. The van der Waals surface area contributed by atoms with E-state index in [9.17, 15) is 14.4 Å². The molecule has 0 saturated carbocycles. The van der Waals surface area contributed by atoms with Crippen LogP contribution in [-0.2, 0) is 35.6 Å². The maximum atomic E-state index is 12.3. The van der Waals surface area contributed by atoms with Crippen molar-refractivity contribution < 1.29 is 14.3 Å². The molecule has 27 heavy (non-hydrogen) atoms. The standard InChI is InChI=1S/C19H22N4O4/c1-2-27-19(26)22-9-8-16-15(12-22)10-18(25)23(21-16)13-17(24)20-11-14-6-4-3-5-7-14/h3-7,10H,2,8-9,11-13H2,1H3,(H,20,24). The van der Waals surface area contributed by atoms with Crippen molar-refractivity contribution in [2.75, 3.05) is 13.2 Å². The average molecular weight is 370 g/mol. The summed E-state index contributed by atoms with van der Waals surface area (Å²) in [6, 6.07) is 11.0. The molecule has 0 radical (unpaired) electrons. The van der Waals surface area contributed by atoms with Crippen LogP contribution in [0.5, 0.6) is 0 Å². The zero-order valence-electron chi connectivity index (χ0n) is 15.2. The molecule has 142 valence electrons. The van der Waals surface area contributed by atoms with E-state index in [-0.39, 0.29) is 24.6 Å². The first-order valence-electron chi connectivity index (χ1n) is 8.89. The maximum absolute atomic E-state index is 12.3. The summed E-state index contributed by atoms with van der Waals surface area (Å²) >= 11 is 0. The molecule has 1 aromatic carbocycles. The second-order valence-corrected chi connectivity index (χ2v) is 6.24. The lowest BCUT2D eigenvalue weighted by molar-refractivity contribution is -0.122. The Bertz CT molecular complexity index is 879. The van der Waals surface area contributed by atoms with Gasteiger partial charge in [0.2, 0.25) is 5.91 Å². The minimum absolute atomic E-state index is 0.138. The van der Waals surface area contributed by atoms with Crippen molar-refractivity contribution in [2.45, 2.75) is 33.0 Å². The Kier molecular flexibility index (Phi) is 5.85.